The molecule has 0 bridgehead atoms. The number of likely N-dealkylation sites (N-methyl/N-ethyl adjacent to an activating group) is 1. The third kappa shape index (κ3) is 5.43. The molecule has 2 aliphatic rings. The number of ether oxygens (including phenoxy) is 3. The lowest BCUT2D eigenvalue weighted by molar-refractivity contribution is -0.162. The Morgan fingerprint density at radius 1 is 1.10 bits per heavy atom. The van der Waals surface area contributed by atoms with Gasteiger partial charge in [-0.2, -0.15) is 0 Å². The Kier molecular flexibility index (Phi) is 7.49. The van der Waals surface area contributed by atoms with Crippen LogP contribution in [0.2, 0.25) is 0 Å². The molecule has 39 heavy (non-hydrogen) atoms. The zero-order valence-corrected chi connectivity index (χ0v) is 21.1. The van der Waals surface area contributed by atoms with Crippen LogP contribution in [0.1, 0.15) is 18.7 Å². The first-order valence-corrected chi connectivity index (χ1v) is 12.2. The molecular weight excluding hydrogens is 510 g/mol. The molecule has 4 heterocycles. The average molecular weight is 538 g/mol. The molecule has 2 aromatic heterocycles. The summed E-state index contributed by atoms with van der Waals surface area (Å²) in [5.41, 5.74) is 1.58. The normalized spacial score (nSPS) is 24.1. The van der Waals surface area contributed by atoms with Crippen molar-refractivity contribution in [3.05, 3.63) is 54.6 Å². The smallest absolute Gasteiger partial charge is 0.323 e. The number of carboxylic acids is 1. The maximum absolute atomic E-state index is 13.2. The number of anilines is 1. The molecule has 0 radical (unpaired) electrons. The number of imidazole rings is 1. The molecular formula is C25H27N7O7. The summed E-state index contributed by atoms with van der Waals surface area (Å²) in [7, 11) is 1.38. The van der Waals surface area contributed by atoms with Crippen LogP contribution in [0.3, 0.4) is 0 Å². The molecule has 5 rings (SSSR count). The number of nitrogens with one attached hydrogen (secondary N) is 2. The highest BCUT2D eigenvalue weighted by atomic mass is 16.8. The van der Waals surface area contributed by atoms with Crippen LogP contribution < -0.4 is 10.6 Å². The second kappa shape index (κ2) is 11.1. The summed E-state index contributed by atoms with van der Waals surface area (Å²) in [5.74, 6) is -1.53. The second-order valence-electron chi connectivity index (χ2n) is 8.91. The number of fused-ring (bicyclic) bond motifs is 2. The molecule has 204 valence electrons. The molecule has 0 saturated carbocycles. The number of aromatic nitrogens is 4. The number of amides is 3. The van der Waals surface area contributed by atoms with E-state index in [0.29, 0.717) is 17.7 Å². The highest BCUT2D eigenvalue weighted by molar-refractivity contribution is 5.95. The van der Waals surface area contributed by atoms with Gasteiger partial charge in [-0.1, -0.05) is 36.4 Å². The van der Waals surface area contributed by atoms with E-state index in [4.69, 9.17) is 19.3 Å². The zero-order chi connectivity index (χ0) is 27.5. The maximum atomic E-state index is 13.2. The molecule has 2 fully saturated rings. The van der Waals surface area contributed by atoms with Crippen LogP contribution in [0.5, 0.6) is 0 Å². The molecule has 1 aromatic carbocycles. The Balaban J connectivity index is 1.45. The molecule has 3 amide bonds. The van der Waals surface area contributed by atoms with Gasteiger partial charge in [0.15, 0.2) is 35.6 Å². The summed E-state index contributed by atoms with van der Waals surface area (Å²) in [6.45, 7) is 1.71. The highest BCUT2D eigenvalue weighted by Gasteiger charge is 2.56. The number of urea groups is 1. The van der Waals surface area contributed by atoms with Crippen LogP contribution in [0.25, 0.3) is 17.2 Å². The first-order valence-electron chi connectivity index (χ1n) is 12.2. The molecule has 2 saturated heterocycles. The van der Waals surface area contributed by atoms with Crippen LogP contribution in [0.15, 0.2) is 49.1 Å². The van der Waals surface area contributed by atoms with Crippen molar-refractivity contribution in [3.8, 4) is 0 Å². The van der Waals surface area contributed by atoms with Crippen molar-refractivity contribution in [2.45, 2.75) is 37.8 Å². The van der Waals surface area contributed by atoms with Gasteiger partial charge in [0.2, 0.25) is 0 Å². The average Bonchev–Trinajstić information content (AvgIpc) is 3.61. The van der Waals surface area contributed by atoms with Gasteiger partial charge < -0.3 is 29.5 Å². The van der Waals surface area contributed by atoms with Crippen LogP contribution in [0, 0.1) is 0 Å². The number of carbonyl (C=O) groups excluding carboxylic acids is 2. The van der Waals surface area contributed by atoms with Crippen LogP contribution >= 0.6 is 0 Å². The van der Waals surface area contributed by atoms with Crippen molar-refractivity contribution in [1.82, 2.24) is 29.7 Å². The Bertz CT molecular complexity index is 1400. The Morgan fingerprint density at radius 3 is 2.62 bits per heavy atom. The monoisotopic (exact) mass is 537 g/mol. The van der Waals surface area contributed by atoms with Crippen molar-refractivity contribution in [2.75, 3.05) is 25.5 Å². The lowest BCUT2D eigenvalue weighted by Gasteiger charge is -2.23. The molecule has 4 unspecified atom stereocenters. The second-order valence-corrected chi connectivity index (χ2v) is 8.91. The highest BCUT2D eigenvalue weighted by Crippen LogP contribution is 2.41. The Hall–Kier alpha value is -4.40. The van der Waals surface area contributed by atoms with E-state index in [-0.39, 0.29) is 5.82 Å². The quantitative estimate of drug-likeness (QED) is 0.380. The van der Waals surface area contributed by atoms with Gasteiger partial charge in [0.1, 0.15) is 25.1 Å². The lowest BCUT2D eigenvalue weighted by atomic mass is 10.1. The number of carboxylic acid groups (broad SMARTS) is 1. The van der Waals surface area contributed by atoms with Crippen LogP contribution in [-0.4, -0.2) is 92.2 Å². The van der Waals surface area contributed by atoms with Crippen molar-refractivity contribution in [3.63, 3.8) is 0 Å². The van der Waals surface area contributed by atoms with E-state index in [0.717, 1.165) is 10.5 Å². The van der Waals surface area contributed by atoms with Gasteiger partial charge in [-0.25, -0.2) is 19.7 Å². The van der Waals surface area contributed by atoms with Crippen LogP contribution in [-0.2, 0) is 23.8 Å². The Morgan fingerprint density at radius 2 is 1.87 bits per heavy atom. The fourth-order valence-corrected chi connectivity index (χ4v) is 4.48. The number of hydrogen-bond donors (Lipinski definition) is 3. The molecule has 2 aliphatic heterocycles. The van der Waals surface area contributed by atoms with E-state index in [1.165, 1.54) is 19.7 Å². The predicted molar refractivity (Wildman–Crippen MR) is 136 cm³/mol. The summed E-state index contributed by atoms with van der Waals surface area (Å²) in [5, 5.41) is 14.4. The fraction of sp³-hybridized carbons (Fsp3) is 0.360. The summed E-state index contributed by atoms with van der Waals surface area (Å²) >= 11 is 0. The summed E-state index contributed by atoms with van der Waals surface area (Å²) < 4.78 is 19.9. The first kappa shape index (κ1) is 26.2. The number of carbonyl (C=O) groups is 3. The summed E-state index contributed by atoms with van der Waals surface area (Å²) in [6.07, 6.45) is 1.88. The zero-order valence-electron chi connectivity index (χ0n) is 21.1. The third-order valence-corrected chi connectivity index (χ3v) is 6.21. The molecule has 3 N–H and O–H groups in total. The lowest BCUT2D eigenvalue weighted by Crippen LogP contribution is -2.44. The molecule has 3 aromatic rings. The number of hydrogen-bond acceptors (Lipinski definition) is 9. The minimum Gasteiger partial charge on any atom is -0.480 e. The van der Waals surface area contributed by atoms with Crippen molar-refractivity contribution in [1.29, 1.82) is 0 Å². The van der Waals surface area contributed by atoms with E-state index in [9.17, 15) is 14.4 Å². The molecule has 0 spiro atoms. The molecule has 0 aliphatic carbocycles. The van der Waals surface area contributed by atoms with Gasteiger partial charge in [0.05, 0.1) is 6.33 Å². The fourth-order valence-electron chi connectivity index (χ4n) is 4.48. The minimum absolute atomic E-state index is 0.195. The van der Waals surface area contributed by atoms with Crippen molar-refractivity contribution < 1.29 is 33.7 Å². The maximum Gasteiger partial charge on any atom is 0.323 e. The molecule has 14 heteroatoms. The standard InChI is InChI=1S/C25H27N7O7/c1-3-26-25(36)30-21-17-22(28-12-27-21)32(13-29-17)24-20-18(19(39-24)23(35)31(2)11-15(33)34)37-16(38-20)10-9-14-7-5-4-6-8-14/h4-10,12-13,16,18-20,24H,3,11H2,1-2H3,(H,33,34)(H2,26,27,28,30,36)/b10-9+/t16-,18?,19?,20?,24?/m0/s1. The van der Waals surface area contributed by atoms with Gasteiger partial charge in [0.25, 0.3) is 5.91 Å². The first-order chi connectivity index (χ1) is 18.9. The largest absolute Gasteiger partial charge is 0.480 e. The van der Waals surface area contributed by atoms with E-state index >= 15 is 0 Å². The molecule has 5 atom stereocenters. The number of benzene rings is 1. The summed E-state index contributed by atoms with van der Waals surface area (Å²) in [6, 6.07) is 9.12. The van der Waals surface area contributed by atoms with Gasteiger partial charge in [-0.3, -0.25) is 19.5 Å². The van der Waals surface area contributed by atoms with Crippen molar-refractivity contribution >= 4 is 41.0 Å². The third-order valence-electron chi connectivity index (χ3n) is 6.21. The van der Waals surface area contributed by atoms with Crippen LogP contribution in [0.4, 0.5) is 10.6 Å². The SMILES string of the molecule is CCNC(=O)Nc1ncnc2c1ncn2C1OC(C(=O)N(C)CC(=O)O)C2O[C@H](/C=C/c3ccccc3)OC21. The van der Waals surface area contributed by atoms with E-state index in [2.05, 4.69) is 25.6 Å². The van der Waals surface area contributed by atoms with Gasteiger partial charge >= 0.3 is 12.0 Å². The predicted octanol–water partition coefficient (Wildman–Crippen LogP) is 1.23. The van der Waals surface area contributed by atoms with E-state index < -0.39 is 55.3 Å². The summed E-state index contributed by atoms with van der Waals surface area (Å²) in [4.78, 5) is 50.3. The number of aliphatic carboxylic acids is 1. The van der Waals surface area contributed by atoms with E-state index in [1.54, 1.807) is 17.6 Å². The van der Waals surface area contributed by atoms with Gasteiger partial charge in [-0.15, -0.1) is 0 Å². The minimum atomic E-state index is -1.16. The van der Waals surface area contributed by atoms with Gasteiger partial charge in [-0.05, 0) is 18.6 Å². The van der Waals surface area contributed by atoms with Crippen molar-refractivity contribution in [2.24, 2.45) is 0 Å². The van der Waals surface area contributed by atoms with Gasteiger partial charge in [0, 0.05) is 13.6 Å². The molecule has 14 nitrogen and oxygen atoms in total. The topological polar surface area (TPSA) is 170 Å². The number of rotatable bonds is 8. The number of nitrogens with zero attached hydrogens (tertiary/aromatic N) is 5. The Labute approximate surface area is 222 Å². The van der Waals surface area contributed by atoms with E-state index in [1.807, 2.05) is 36.4 Å².